The molecule has 1 aliphatic heterocycles. The van der Waals surface area contributed by atoms with Crippen molar-refractivity contribution in [3.8, 4) is 0 Å². The van der Waals surface area contributed by atoms with Gasteiger partial charge in [0.2, 0.25) is 5.91 Å². The molecule has 3 rings (SSSR count). The third-order valence-corrected chi connectivity index (χ3v) is 6.00. The van der Waals surface area contributed by atoms with Crippen LogP contribution < -0.4 is 5.32 Å². The van der Waals surface area contributed by atoms with Gasteiger partial charge in [-0.3, -0.25) is 9.59 Å². The highest BCUT2D eigenvalue weighted by atomic mass is 16.6. The van der Waals surface area contributed by atoms with E-state index >= 15 is 0 Å². The van der Waals surface area contributed by atoms with Crippen molar-refractivity contribution in [1.29, 1.82) is 0 Å². The van der Waals surface area contributed by atoms with Crippen LogP contribution >= 0.6 is 0 Å². The van der Waals surface area contributed by atoms with Crippen molar-refractivity contribution in [2.45, 2.75) is 70.6 Å². The normalized spacial score (nSPS) is 16.9. The summed E-state index contributed by atoms with van der Waals surface area (Å²) in [5, 5.41) is 16.3. The summed E-state index contributed by atoms with van der Waals surface area (Å²) < 4.78 is 5.50. The Bertz CT molecular complexity index is 1060. The van der Waals surface area contributed by atoms with E-state index in [1.165, 1.54) is 0 Å². The Morgan fingerprint density at radius 1 is 1.06 bits per heavy atom. The van der Waals surface area contributed by atoms with Gasteiger partial charge in [-0.1, -0.05) is 53.7 Å². The molecule has 1 saturated heterocycles. The van der Waals surface area contributed by atoms with Gasteiger partial charge in [0, 0.05) is 18.5 Å². The standard InChI is InChI=1S/C28H35N3O5/c1-28(2,3)36-27(34)24-15-10-18-31(24)25(32)17-16-22(30-35)23(19-20-11-6-4-7-12-20)29-26(33)21-13-8-5-9-14-21/h4-9,11-14,23-24,35H,10,15-19H2,1-3H3,(H,29,33)/t23-,24-/m0/s1. The molecule has 0 spiro atoms. The number of carbonyl (C=O) groups is 3. The molecule has 0 saturated carbocycles. The number of nitrogens with one attached hydrogen (secondary N) is 1. The molecule has 1 heterocycles. The average Bonchev–Trinajstić information content (AvgIpc) is 3.35. The Labute approximate surface area is 212 Å². The van der Waals surface area contributed by atoms with Gasteiger partial charge in [-0.25, -0.2) is 4.79 Å². The summed E-state index contributed by atoms with van der Waals surface area (Å²) in [6.45, 7) is 5.87. The van der Waals surface area contributed by atoms with Gasteiger partial charge in [0.05, 0.1) is 11.8 Å². The second-order valence-corrected chi connectivity index (χ2v) is 9.95. The highest BCUT2D eigenvalue weighted by Crippen LogP contribution is 2.22. The largest absolute Gasteiger partial charge is 0.458 e. The minimum Gasteiger partial charge on any atom is -0.458 e. The first-order valence-corrected chi connectivity index (χ1v) is 12.3. The van der Waals surface area contributed by atoms with Crippen molar-refractivity contribution in [1.82, 2.24) is 10.2 Å². The summed E-state index contributed by atoms with van der Waals surface area (Å²) in [5.74, 6) is -0.910. The van der Waals surface area contributed by atoms with Crippen molar-refractivity contribution < 1.29 is 24.3 Å². The van der Waals surface area contributed by atoms with Crippen LogP contribution in [0.3, 0.4) is 0 Å². The summed E-state index contributed by atoms with van der Waals surface area (Å²) in [4.78, 5) is 40.1. The quantitative estimate of drug-likeness (QED) is 0.238. The monoisotopic (exact) mass is 493 g/mol. The van der Waals surface area contributed by atoms with E-state index in [0.29, 0.717) is 30.7 Å². The fraction of sp³-hybridized carbons (Fsp3) is 0.429. The van der Waals surface area contributed by atoms with E-state index in [4.69, 9.17) is 4.74 Å². The second-order valence-electron chi connectivity index (χ2n) is 9.95. The van der Waals surface area contributed by atoms with E-state index in [1.807, 2.05) is 36.4 Å². The molecule has 0 radical (unpaired) electrons. The van der Waals surface area contributed by atoms with E-state index in [1.54, 1.807) is 49.9 Å². The highest BCUT2D eigenvalue weighted by Gasteiger charge is 2.37. The highest BCUT2D eigenvalue weighted by molar-refractivity contribution is 6.00. The lowest BCUT2D eigenvalue weighted by Crippen LogP contribution is -2.45. The van der Waals surface area contributed by atoms with E-state index in [-0.39, 0.29) is 24.7 Å². The number of amides is 2. The van der Waals surface area contributed by atoms with E-state index in [9.17, 15) is 19.6 Å². The summed E-state index contributed by atoms with van der Waals surface area (Å²) in [6, 6.07) is 17.1. The zero-order valence-corrected chi connectivity index (χ0v) is 21.1. The predicted molar refractivity (Wildman–Crippen MR) is 137 cm³/mol. The lowest BCUT2D eigenvalue weighted by atomic mass is 9.98. The predicted octanol–water partition coefficient (Wildman–Crippen LogP) is 3.97. The number of likely N-dealkylation sites (tertiary alicyclic amines) is 1. The molecule has 2 aromatic rings. The molecule has 192 valence electrons. The van der Waals surface area contributed by atoms with Crippen molar-refractivity contribution in [3.63, 3.8) is 0 Å². The molecule has 1 aliphatic rings. The molecule has 1 fully saturated rings. The van der Waals surface area contributed by atoms with Gasteiger partial charge < -0.3 is 20.2 Å². The van der Waals surface area contributed by atoms with Crippen LogP contribution in [-0.2, 0) is 20.7 Å². The number of rotatable bonds is 9. The zero-order valence-electron chi connectivity index (χ0n) is 21.1. The Morgan fingerprint density at radius 3 is 2.31 bits per heavy atom. The lowest BCUT2D eigenvalue weighted by Gasteiger charge is -2.27. The fourth-order valence-corrected chi connectivity index (χ4v) is 4.29. The third-order valence-electron chi connectivity index (χ3n) is 6.00. The van der Waals surface area contributed by atoms with Gasteiger partial charge in [0.25, 0.3) is 5.91 Å². The number of benzene rings is 2. The molecule has 2 N–H and O–H groups in total. The van der Waals surface area contributed by atoms with Gasteiger partial charge in [-0.2, -0.15) is 0 Å². The first-order valence-electron chi connectivity index (χ1n) is 12.3. The summed E-state index contributed by atoms with van der Waals surface area (Å²) >= 11 is 0. The molecule has 0 aromatic heterocycles. The number of hydrogen-bond donors (Lipinski definition) is 2. The molecular weight excluding hydrogens is 458 g/mol. The van der Waals surface area contributed by atoms with Gasteiger partial charge in [-0.15, -0.1) is 0 Å². The fourth-order valence-electron chi connectivity index (χ4n) is 4.29. The van der Waals surface area contributed by atoms with Gasteiger partial charge >= 0.3 is 5.97 Å². The van der Waals surface area contributed by atoms with Crippen LogP contribution in [-0.4, -0.2) is 57.8 Å². The Kier molecular flexibility index (Phi) is 9.22. The minimum atomic E-state index is -0.632. The third kappa shape index (κ3) is 7.66. The first-order chi connectivity index (χ1) is 17.2. The van der Waals surface area contributed by atoms with Crippen LogP contribution in [0.2, 0.25) is 0 Å². The molecule has 8 nitrogen and oxygen atoms in total. The van der Waals surface area contributed by atoms with E-state index < -0.39 is 23.7 Å². The van der Waals surface area contributed by atoms with Crippen molar-refractivity contribution in [2.75, 3.05) is 6.54 Å². The van der Waals surface area contributed by atoms with Crippen LogP contribution in [0.4, 0.5) is 0 Å². The average molecular weight is 494 g/mol. The molecule has 0 aliphatic carbocycles. The number of ether oxygens (including phenoxy) is 1. The van der Waals surface area contributed by atoms with Crippen molar-refractivity contribution in [3.05, 3.63) is 71.8 Å². The summed E-state index contributed by atoms with van der Waals surface area (Å²) in [6.07, 6.45) is 1.87. The Hall–Kier alpha value is -3.68. The van der Waals surface area contributed by atoms with Crippen LogP contribution in [0.1, 0.15) is 62.4 Å². The lowest BCUT2D eigenvalue weighted by molar-refractivity contribution is -0.163. The van der Waals surface area contributed by atoms with Gasteiger partial charge in [0.1, 0.15) is 11.6 Å². The number of carbonyl (C=O) groups excluding carboxylic acids is 3. The van der Waals surface area contributed by atoms with Crippen LogP contribution in [0.15, 0.2) is 65.8 Å². The van der Waals surface area contributed by atoms with E-state index in [2.05, 4.69) is 10.5 Å². The van der Waals surface area contributed by atoms with Gasteiger partial charge in [0.15, 0.2) is 0 Å². The van der Waals surface area contributed by atoms with E-state index in [0.717, 1.165) is 12.0 Å². The van der Waals surface area contributed by atoms with Crippen molar-refractivity contribution in [2.24, 2.45) is 5.16 Å². The van der Waals surface area contributed by atoms with Crippen LogP contribution in [0.5, 0.6) is 0 Å². The molecule has 2 aromatic carbocycles. The summed E-state index contributed by atoms with van der Waals surface area (Å²) in [7, 11) is 0. The number of nitrogens with zero attached hydrogens (tertiary/aromatic N) is 2. The first kappa shape index (κ1) is 26.9. The smallest absolute Gasteiger partial charge is 0.329 e. The maximum absolute atomic E-state index is 13.1. The molecular formula is C28H35N3O5. The molecule has 8 heteroatoms. The number of hydrogen-bond acceptors (Lipinski definition) is 6. The summed E-state index contributed by atoms with van der Waals surface area (Å²) in [5.41, 5.74) is 1.10. The maximum Gasteiger partial charge on any atom is 0.329 e. The Balaban J connectivity index is 1.70. The minimum absolute atomic E-state index is 0.0468. The van der Waals surface area contributed by atoms with Crippen LogP contribution in [0, 0.1) is 0 Å². The molecule has 0 unspecified atom stereocenters. The number of oxime groups is 1. The molecule has 36 heavy (non-hydrogen) atoms. The second kappa shape index (κ2) is 12.3. The van der Waals surface area contributed by atoms with Crippen LogP contribution in [0.25, 0.3) is 0 Å². The van der Waals surface area contributed by atoms with Crippen molar-refractivity contribution >= 4 is 23.5 Å². The molecule has 0 bridgehead atoms. The Morgan fingerprint density at radius 2 is 1.69 bits per heavy atom. The zero-order chi connectivity index (χ0) is 26.1. The molecule has 2 atom stereocenters. The SMILES string of the molecule is CC(C)(C)OC(=O)[C@@H]1CCCN1C(=O)CCC(=NO)[C@H](Cc1ccccc1)NC(=O)c1ccccc1. The maximum atomic E-state index is 13.1. The molecule has 2 amide bonds. The van der Waals surface area contributed by atoms with Gasteiger partial charge in [-0.05, 0) is 64.2 Å². The topological polar surface area (TPSA) is 108 Å². The number of esters is 1.